The molecule has 6 nitrogen and oxygen atoms in total. The first-order chi connectivity index (χ1) is 12.2. The topological polar surface area (TPSA) is 67.9 Å². The summed E-state index contributed by atoms with van der Waals surface area (Å²) < 4.78 is 44.1. The predicted molar refractivity (Wildman–Crippen MR) is 87.8 cm³/mol. The lowest BCUT2D eigenvalue weighted by atomic mass is 9.90. The second-order valence-corrected chi connectivity index (χ2v) is 5.86. The van der Waals surface area contributed by atoms with Gasteiger partial charge in [-0.2, -0.15) is 13.2 Å². The van der Waals surface area contributed by atoms with E-state index in [1.807, 2.05) is 0 Å². The Bertz CT molecular complexity index is 658. The Morgan fingerprint density at radius 3 is 2.46 bits per heavy atom. The summed E-state index contributed by atoms with van der Waals surface area (Å²) in [4.78, 5) is 27.4. The molecule has 0 aromatic heterocycles. The second-order valence-electron chi connectivity index (χ2n) is 5.86. The molecule has 0 radical (unpaired) electrons. The lowest BCUT2D eigenvalue weighted by Crippen LogP contribution is -2.42. The van der Waals surface area contributed by atoms with Crippen LogP contribution in [0.4, 0.5) is 18.9 Å². The van der Waals surface area contributed by atoms with Crippen LogP contribution in [0.1, 0.15) is 38.2 Å². The van der Waals surface area contributed by atoms with Gasteiger partial charge < -0.3 is 14.9 Å². The molecule has 1 aromatic rings. The van der Waals surface area contributed by atoms with E-state index >= 15 is 0 Å². The number of piperidine rings is 1. The van der Waals surface area contributed by atoms with Gasteiger partial charge in [0.15, 0.2) is 0 Å². The van der Waals surface area contributed by atoms with Crippen LogP contribution in [-0.2, 0) is 14.4 Å². The number of nitrogens with zero attached hydrogens (tertiary/aromatic N) is 1. The number of benzene rings is 1. The summed E-state index contributed by atoms with van der Waals surface area (Å²) in [6, 6.07) is 4.55. The Labute approximate surface area is 149 Å². The average Bonchev–Trinajstić information content (AvgIpc) is 2.59. The van der Waals surface area contributed by atoms with Crippen molar-refractivity contribution in [2.24, 2.45) is 0 Å². The molecule has 9 heteroatoms. The second kappa shape index (κ2) is 8.39. The fourth-order valence-electron chi connectivity index (χ4n) is 2.82. The summed E-state index contributed by atoms with van der Waals surface area (Å²) in [6.07, 6.45) is -3.42. The predicted octanol–water partition coefficient (Wildman–Crippen LogP) is 2.93. The monoisotopic (exact) mass is 374 g/mol. The third-order valence-electron chi connectivity index (χ3n) is 3.96. The maximum absolute atomic E-state index is 12.9. The molecule has 0 atom stereocenters. The molecule has 0 unspecified atom stereocenters. The highest BCUT2D eigenvalue weighted by atomic mass is 19.4. The highest BCUT2D eigenvalue weighted by Gasteiger charge is 2.46. The van der Waals surface area contributed by atoms with Crippen molar-refractivity contribution in [2.45, 2.75) is 38.8 Å². The number of rotatable bonds is 4. The van der Waals surface area contributed by atoms with Crippen LogP contribution < -0.4 is 15.1 Å². The molecule has 2 rings (SSSR count). The zero-order valence-corrected chi connectivity index (χ0v) is 14.6. The Morgan fingerprint density at radius 1 is 1.27 bits per heavy atom. The SMILES string of the molecule is CCOc1cc(C2CCNCC2)ccc1N(OC(C)=O)C(=O)C(F)(F)F. The third kappa shape index (κ3) is 4.87. The maximum atomic E-state index is 12.9. The van der Waals surface area contributed by atoms with Crippen molar-refractivity contribution in [1.82, 2.24) is 5.32 Å². The molecular weight excluding hydrogens is 353 g/mol. The first-order valence-corrected chi connectivity index (χ1v) is 8.31. The van der Waals surface area contributed by atoms with Crippen LogP contribution in [0.2, 0.25) is 0 Å². The first kappa shape index (κ1) is 20.0. The Morgan fingerprint density at radius 2 is 1.92 bits per heavy atom. The van der Waals surface area contributed by atoms with Crippen LogP contribution in [0, 0.1) is 0 Å². The number of ether oxygens (including phenoxy) is 1. The summed E-state index contributed by atoms with van der Waals surface area (Å²) in [6.45, 7) is 4.46. The zero-order valence-electron chi connectivity index (χ0n) is 14.6. The van der Waals surface area contributed by atoms with Gasteiger partial charge in [-0.1, -0.05) is 6.07 Å². The number of hydrogen-bond donors (Lipinski definition) is 1. The minimum Gasteiger partial charge on any atom is -0.492 e. The number of hydroxylamine groups is 1. The normalized spacial score (nSPS) is 15.4. The minimum atomic E-state index is -5.20. The molecule has 1 aliphatic rings. The van der Waals surface area contributed by atoms with E-state index < -0.39 is 18.1 Å². The molecule has 0 spiro atoms. The van der Waals surface area contributed by atoms with Gasteiger partial charge in [-0.15, -0.1) is 5.06 Å². The van der Waals surface area contributed by atoms with E-state index in [0.29, 0.717) is 0 Å². The quantitative estimate of drug-likeness (QED) is 0.821. The van der Waals surface area contributed by atoms with Gasteiger partial charge in [0.25, 0.3) is 0 Å². The van der Waals surface area contributed by atoms with Crippen molar-refractivity contribution >= 4 is 17.6 Å². The lowest BCUT2D eigenvalue weighted by Gasteiger charge is -2.26. The maximum Gasteiger partial charge on any atom is 0.474 e. The molecule has 1 fully saturated rings. The summed E-state index contributed by atoms with van der Waals surface area (Å²) >= 11 is 0. The number of carbonyl (C=O) groups excluding carboxylic acids is 2. The lowest BCUT2D eigenvalue weighted by molar-refractivity contribution is -0.180. The number of carbonyl (C=O) groups is 2. The highest BCUT2D eigenvalue weighted by molar-refractivity contribution is 5.98. The fourth-order valence-corrected chi connectivity index (χ4v) is 2.82. The van der Waals surface area contributed by atoms with Gasteiger partial charge in [0.05, 0.1) is 6.61 Å². The number of alkyl halides is 3. The van der Waals surface area contributed by atoms with E-state index in [1.54, 1.807) is 19.1 Å². The van der Waals surface area contributed by atoms with Gasteiger partial charge >= 0.3 is 18.1 Å². The fraction of sp³-hybridized carbons (Fsp3) is 0.529. The largest absolute Gasteiger partial charge is 0.492 e. The van der Waals surface area contributed by atoms with Crippen molar-refractivity contribution in [3.63, 3.8) is 0 Å². The van der Waals surface area contributed by atoms with Crippen molar-refractivity contribution in [1.29, 1.82) is 0 Å². The number of halogens is 3. The molecule has 26 heavy (non-hydrogen) atoms. The van der Waals surface area contributed by atoms with E-state index in [4.69, 9.17) is 4.74 Å². The summed E-state index contributed by atoms with van der Waals surface area (Å²) in [7, 11) is 0. The van der Waals surface area contributed by atoms with E-state index in [-0.39, 0.29) is 29.0 Å². The van der Waals surface area contributed by atoms with Gasteiger partial charge in [-0.25, -0.2) is 4.79 Å². The third-order valence-corrected chi connectivity index (χ3v) is 3.96. The molecule has 1 saturated heterocycles. The number of hydrogen-bond acceptors (Lipinski definition) is 5. The highest BCUT2D eigenvalue weighted by Crippen LogP contribution is 2.36. The van der Waals surface area contributed by atoms with Crippen LogP contribution >= 0.6 is 0 Å². The van der Waals surface area contributed by atoms with E-state index in [9.17, 15) is 22.8 Å². The van der Waals surface area contributed by atoms with Crippen molar-refractivity contribution < 1.29 is 32.3 Å². The molecule has 1 amide bonds. The number of nitrogens with one attached hydrogen (secondary N) is 1. The summed E-state index contributed by atoms with van der Waals surface area (Å²) in [5.74, 6) is -3.05. The van der Waals surface area contributed by atoms with Crippen LogP contribution in [-0.4, -0.2) is 37.7 Å². The van der Waals surface area contributed by atoms with Gasteiger partial charge in [-0.3, -0.25) is 4.79 Å². The van der Waals surface area contributed by atoms with Crippen molar-refractivity contribution in [3.05, 3.63) is 23.8 Å². The summed E-state index contributed by atoms with van der Waals surface area (Å²) in [5.41, 5.74) is 0.642. The average molecular weight is 374 g/mol. The van der Waals surface area contributed by atoms with Gasteiger partial charge in [0.2, 0.25) is 0 Å². The molecule has 1 aromatic carbocycles. The molecule has 0 saturated carbocycles. The van der Waals surface area contributed by atoms with E-state index in [1.165, 1.54) is 6.07 Å². The number of amides is 1. The smallest absolute Gasteiger partial charge is 0.474 e. The van der Waals surface area contributed by atoms with E-state index in [0.717, 1.165) is 38.4 Å². The molecule has 1 aliphatic heterocycles. The van der Waals surface area contributed by atoms with E-state index in [2.05, 4.69) is 10.2 Å². The minimum absolute atomic E-state index is 0.0560. The standard InChI is InChI=1S/C17H21F3N2O4/c1-3-25-15-10-13(12-6-8-21-9-7-12)4-5-14(15)22(26-11(2)23)16(24)17(18,19)20/h4-5,10,12,21H,3,6-9H2,1-2H3. The van der Waals surface area contributed by atoms with Gasteiger partial charge in [0, 0.05) is 6.92 Å². The molecular formula is C17H21F3N2O4. The summed E-state index contributed by atoms with van der Waals surface area (Å²) in [5, 5.41) is 3.18. The molecule has 144 valence electrons. The Kier molecular flexibility index (Phi) is 6.47. The van der Waals surface area contributed by atoms with Crippen LogP contribution in [0.15, 0.2) is 18.2 Å². The Hall–Kier alpha value is -2.29. The van der Waals surface area contributed by atoms with Crippen LogP contribution in [0.3, 0.4) is 0 Å². The van der Waals surface area contributed by atoms with Crippen LogP contribution in [0.25, 0.3) is 0 Å². The van der Waals surface area contributed by atoms with Crippen molar-refractivity contribution in [2.75, 3.05) is 24.8 Å². The van der Waals surface area contributed by atoms with Crippen LogP contribution in [0.5, 0.6) is 5.75 Å². The van der Waals surface area contributed by atoms with Gasteiger partial charge in [0.1, 0.15) is 11.4 Å². The molecule has 1 N–H and O–H groups in total. The first-order valence-electron chi connectivity index (χ1n) is 8.31. The van der Waals surface area contributed by atoms with Crippen molar-refractivity contribution in [3.8, 4) is 5.75 Å². The molecule has 0 aliphatic carbocycles. The molecule has 0 bridgehead atoms. The zero-order chi connectivity index (χ0) is 19.3. The Balaban J connectivity index is 2.42. The number of anilines is 1. The molecule has 1 heterocycles. The van der Waals surface area contributed by atoms with Gasteiger partial charge in [-0.05, 0) is 56.5 Å².